The van der Waals surface area contributed by atoms with Crippen LogP contribution in [0.3, 0.4) is 0 Å². The monoisotopic (exact) mass is 219 g/mol. The molecule has 0 amide bonds. The molecule has 1 aliphatic rings. The average molecular weight is 220 g/mol. The van der Waals surface area contributed by atoms with Crippen molar-refractivity contribution in [2.75, 3.05) is 6.54 Å². The lowest BCUT2D eigenvalue weighted by Crippen LogP contribution is -2.11. The van der Waals surface area contributed by atoms with E-state index in [1.165, 1.54) is 24.0 Å². The van der Waals surface area contributed by atoms with Crippen LogP contribution in [0.4, 0.5) is 0 Å². The fourth-order valence-corrected chi connectivity index (χ4v) is 1.60. The Labute approximate surface area is 91.7 Å². The molecule has 1 heterocycles. The molecule has 0 saturated carbocycles. The zero-order valence-electron chi connectivity index (χ0n) is 7.45. The molecule has 2 rings (SSSR count). The van der Waals surface area contributed by atoms with Crippen molar-refractivity contribution in [2.24, 2.45) is 0 Å². The van der Waals surface area contributed by atoms with E-state index in [0.29, 0.717) is 0 Å². The van der Waals surface area contributed by atoms with Crippen molar-refractivity contribution in [3.05, 3.63) is 35.4 Å². The first-order valence-corrected chi connectivity index (χ1v) is 4.24. The molecular weight excluding hydrogens is 205 g/mol. The molecular formula is C10H15Cl2N. The number of halogens is 2. The van der Waals surface area contributed by atoms with Crippen molar-refractivity contribution in [1.82, 2.24) is 5.32 Å². The third kappa shape index (κ3) is 3.18. The second kappa shape index (κ2) is 6.25. The molecule has 13 heavy (non-hydrogen) atoms. The van der Waals surface area contributed by atoms with Crippen LogP contribution < -0.4 is 5.32 Å². The highest BCUT2D eigenvalue weighted by Gasteiger charge is 2.04. The van der Waals surface area contributed by atoms with Crippen LogP contribution in [-0.2, 0) is 13.0 Å². The topological polar surface area (TPSA) is 12.0 Å². The molecule has 3 heteroatoms. The van der Waals surface area contributed by atoms with Gasteiger partial charge in [-0.2, -0.15) is 0 Å². The summed E-state index contributed by atoms with van der Waals surface area (Å²) in [5.41, 5.74) is 3.00. The van der Waals surface area contributed by atoms with Gasteiger partial charge in [0.15, 0.2) is 0 Å². The van der Waals surface area contributed by atoms with Crippen molar-refractivity contribution in [3.63, 3.8) is 0 Å². The lowest BCUT2D eigenvalue weighted by molar-refractivity contribution is 0.681. The maximum absolute atomic E-state index is 3.40. The lowest BCUT2D eigenvalue weighted by atomic mass is 10.0. The zero-order valence-corrected chi connectivity index (χ0v) is 9.09. The predicted molar refractivity (Wildman–Crippen MR) is 61.0 cm³/mol. The molecule has 0 aliphatic carbocycles. The molecule has 0 unspecified atom stereocenters. The smallest absolute Gasteiger partial charge is 0.0208 e. The van der Waals surface area contributed by atoms with Gasteiger partial charge in [-0.1, -0.05) is 24.3 Å². The largest absolute Gasteiger partial charge is 0.313 e. The first kappa shape index (κ1) is 12.8. The van der Waals surface area contributed by atoms with Gasteiger partial charge >= 0.3 is 0 Å². The first-order valence-electron chi connectivity index (χ1n) is 4.24. The van der Waals surface area contributed by atoms with Crippen molar-refractivity contribution in [1.29, 1.82) is 0 Å². The van der Waals surface area contributed by atoms with Gasteiger partial charge in [-0.25, -0.2) is 0 Å². The summed E-state index contributed by atoms with van der Waals surface area (Å²) in [6.07, 6.45) is 2.51. The SMILES string of the molecule is Cl.Cl.c1ccc2c(c1)CCCNC2. The highest BCUT2D eigenvalue weighted by atomic mass is 35.5. The van der Waals surface area contributed by atoms with Crippen LogP contribution in [0.1, 0.15) is 17.5 Å². The second-order valence-corrected chi connectivity index (χ2v) is 3.05. The van der Waals surface area contributed by atoms with Crippen molar-refractivity contribution >= 4 is 24.8 Å². The minimum atomic E-state index is 0. The van der Waals surface area contributed by atoms with Crippen LogP contribution in [0.2, 0.25) is 0 Å². The van der Waals surface area contributed by atoms with Crippen molar-refractivity contribution in [3.8, 4) is 0 Å². The van der Waals surface area contributed by atoms with Crippen LogP contribution in [0.5, 0.6) is 0 Å². The maximum atomic E-state index is 3.40. The molecule has 1 aromatic carbocycles. The summed E-state index contributed by atoms with van der Waals surface area (Å²) in [5.74, 6) is 0. The van der Waals surface area contributed by atoms with Gasteiger partial charge in [0.25, 0.3) is 0 Å². The molecule has 1 aliphatic heterocycles. The Balaban J connectivity index is 0.000000720. The third-order valence-corrected chi connectivity index (χ3v) is 2.23. The Morgan fingerprint density at radius 2 is 1.69 bits per heavy atom. The van der Waals surface area contributed by atoms with Crippen LogP contribution in [0.15, 0.2) is 24.3 Å². The summed E-state index contributed by atoms with van der Waals surface area (Å²) < 4.78 is 0. The molecule has 1 aromatic rings. The molecule has 0 bridgehead atoms. The quantitative estimate of drug-likeness (QED) is 0.708. The number of aryl methyl sites for hydroxylation is 1. The van der Waals surface area contributed by atoms with E-state index in [1.807, 2.05) is 0 Å². The summed E-state index contributed by atoms with van der Waals surface area (Å²) in [6, 6.07) is 8.70. The maximum Gasteiger partial charge on any atom is 0.0208 e. The van der Waals surface area contributed by atoms with Crippen LogP contribution in [-0.4, -0.2) is 6.54 Å². The van der Waals surface area contributed by atoms with Gasteiger partial charge in [0.1, 0.15) is 0 Å². The van der Waals surface area contributed by atoms with E-state index in [4.69, 9.17) is 0 Å². The van der Waals surface area contributed by atoms with Crippen LogP contribution in [0.25, 0.3) is 0 Å². The Bertz CT molecular complexity index is 225. The van der Waals surface area contributed by atoms with Crippen LogP contribution in [0, 0.1) is 0 Å². The predicted octanol–water partition coefficient (Wildman–Crippen LogP) is 2.57. The molecule has 0 fully saturated rings. The van der Waals surface area contributed by atoms with E-state index in [1.54, 1.807) is 0 Å². The number of rotatable bonds is 0. The Morgan fingerprint density at radius 1 is 1.00 bits per heavy atom. The van der Waals surface area contributed by atoms with Gasteiger partial charge in [0.2, 0.25) is 0 Å². The Hall–Kier alpha value is -0.240. The molecule has 0 spiro atoms. The summed E-state index contributed by atoms with van der Waals surface area (Å²) in [6.45, 7) is 2.21. The number of benzene rings is 1. The van der Waals surface area contributed by atoms with E-state index in [2.05, 4.69) is 29.6 Å². The van der Waals surface area contributed by atoms with Gasteiger partial charge in [0.05, 0.1) is 0 Å². The lowest BCUT2D eigenvalue weighted by Gasteiger charge is -2.02. The van der Waals surface area contributed by atoms with Gasteiger partial charge in [-0.05, 0) is 30.5 Å². The summed E-state index contributed by atoms with van der Waals surface area (Å²) in [7, 11) is 0. The van der Waals surface area contributed by atoms with E-state index in [9.17, 15) is 0 Å². The summed E-state index contributed by atoms with van der Waals surface area (Å²) in [4.78, 5) is 0. The van der Waals surface area contributed by atoms with Gasteiger partial charge < -0.3 is 5.32 Å². The molecule has 0 radical (unpaired) electrons. The average Bonchev–Trinajstić information content (AvgIpc) is 2.28. The van der Waals surface area contributed by atoms with E-state index in [-0.39, 0.29) is 24.8 Å². The first-order chi connectivity index (χ1) is 5.47. The highest BCUT2D eigenvalue weighted by Crippen LogP contribution is 2.12. The van der Waals surface area contributed by atoms with Gasteiger partial charge in [-0.15, -0.1) is 24.8 Å². The number of hydrogen-bond acceptors (Lipinski definition) is 1. The fourth-order valence-electron chi connectivity index (χ4n) is 1.60. The Morgan fingerprint density at radius 3 is 2.46 bits per heavy atom. The molecule has 74 valence electrons. The van der Waals surface area contributed by atoms with E-state index < -0.39 is 0 Å². The number of hydrogen-bond donors (Lipinski definition) is 1. The summed E-state index contributed by atoms with van der Waals surface area (Å²) in [5, 5.41) is 3.40. The third-order valence-electron chi connectivity index (χ3n) is 2.23. The standard InChI is InChI=1S/C10H13N.2ClH/c1-2-5-10-8-11-7-3-6-9(10)4-1;;/h1-2,4-5,11H,3,6-8H2;2*1H. The van der Waals surface area contributed by atoms with Crippen molar-refractivity contribution < 1.29 is 0 Å². The number of nitrogens with one attached hydrogen (secondary N) is 1. The highest BCUT2D eigenvalue weighted by molar-refractivity contribution is 5.85. The van der Waals surface area contributed by atoms with E-state index in [0.717, 1.165) is 13.1 Å². The van der Waals surface area contributed by atoms with Gasteiger partial charge in [0, 0.05) is 6.54 Å². The zero-order chi connectivity index (χ0) is 7.52. The van der Waals surface area contributed by atoms with Crippen molar-refractivity contribution in [2.45, 2.75) is 19.4 Å². The fraction of sp³-hybridized carbons (Fsp3) is 0.400. The summed E-state index contributed by atoms with van der Waals surface area (Å²) >= 11 is 0. The minimum absolute atomic E-state index is 0. The minimum Gasteiger partial charge on any atom is -0.313 e. The molecule has 0 aromatic heterocycles. The van der Waals surface area contributed by atoms with E-state index >= 15 is 0 Å². The molecule has 0 saturated heterocycles. The second-order valence-electron chi connectivity index (χ2n) is 3.05. The molecule has 0 atom stereocenters. The number of fused-ring (bicyclic) bond motifs is 1. The van der Waals surface area contributed by atoms with Crippen LogP contribution >= 0.6 is 24.8 Å². The molecule has 1 N–H and O–H groups in total. The molecule has 1 nitrogen and oxygen atoms in total. The van der Waals surface area contributed by atoms with Gasteiger partial charge in [-0.3, -0.25) is 0 Å². The Kier molecular flexibility index (Phi) is 6.13. The normalized spacial score (nSPS) is 14.5.